The molecule has 0 aromatic rings. The Labute approximate surface area is 147 Å². The molecule has 4 heterocycles. The zero-order chi connectivity index (χ0) is 17.8. The van der Waals surface area contributed by atoms with Gasteiger partial charge in [0, 0.05) is 24.2 Å². The van der Waals surface area contributed by atoms with Crippen LogP contribution in [0, 0.1) is 23.7 Å². The number of hydrogen-bond donors (Lipinski definition) is 1. The highest BCUT2D eigenvalue weighted by Crippen LogP contribution is 2.59. The molecular formula is C18H27NO6. The van der Waals surface area contributed by atoms with E-state index in [-0.39, 0.29) is 24.8 Å². The number of carbonyl (C=O) groups is 1. The summed E-state index contributed by atoms with van der Waals surface area (Å²) in [6, 6.07) is 0. The SMILES string of the molecule is CC1CCC2C(C)C(=NCCC(=O)O)OC3OC4(C)CCC1C32OO4. The third-order valence-corrected chi connectivity index (χ3v) is 6.59. The molecule has 2 bridgehead atoms. The van der Waals surface area contributed by atoms with Gasteiger partial charge in [0.25, 0.3) is 0 Å². The Kier molecular flexibility index (Phi) is 4.09. The fourth-order valence-electron chi connectivity index (χ4n) is 5.22. The first-order valence-corrected chi connectivity index (χ1v) is 9.33. The van der Waals surface area contributed by atoms with Crippen LogP contribution in [0.3, 0.4) is 0 Å². The largest absolute Gasteiger partial charge is 0.481 e. The summed E-state index contributed by atoms with van der Waals surface area (Å²) in [7, 11) is 0. The van der Waals surface area contributed by atoms with Crippen LogP contribution in [-0.4, -0.2) is 41.2 Å². The maximum absolute atomic E-state index is 10.8. The van der Waals surface area contributed by atoms with Gasteiger partial charge in [-0.1, -0.05) is 13.8 Å². The standard InChI is InChI=1S/C18H27NO6/c1-10-4-5-13-11(2)15(19-9-7-14(20)21)22-16-18(13)12(10)6-8-17(3,23-16)24-25-18/h10-13,16H,4-9H2,1-3H3,(H,20,21). The number of rotatable bonds is 3. The molecule has 1 N–H and O–H groups in total. The van der Waals surface area contributed by atoms with Crippen LogP contribution < -0.4 is 0 Å². The number of carboxylic acid groups (broad SMARTS) is 1. The molecule has 7 nitrogen and oxygen atoms in total. The van der Waals surface area contributed by atoms with Gasteiger partial charge in [0.05, 0.1) is 13.0 Å². The fourth-order valence-corrected chi connectivity index (χ4v) is 5.22. The van der Waals surface area contributed by atoms with Crippen molar-refractivity contribution in [3.63, 3.8) is 0 Å². The van der Waals surface area contributed by atoms with Gasteiger partial charge in [-0.3, -0.25) is 9.79 Å². The molecule has 5 fully saturated rings. The molecule has 4 saturated heterocycles. The quantitative estimate of drug-likeness (QED) is 0.785. The van der Waals surface area contributed by atoms with Gasteiger partial charge in [-0.05, 0) is 32.1 Å². The monoisotopic (exact) mass is 353 g/mol. The lowest BCUT2D eigenvalue weighted by Crippen LogP contribution is -2.69. The average molecular weight is 353 g/mol. The van der Waals surface area contributed by atoms with Gasteiger partial charge in [0.15, 0.2) is 11.5 Å². The molecule has 0 aromatic heterocycles. The van der Waals surface area contributed by atoms with Crippen LogP contribution >= 0.6 is 0 Å². The van der Waals surface area contributed by atoms with Crippen molar-refractivity contribution in [2.45, 2.75) is 70.6 Å². The first kappa shape index (κ1) is 17.2. The van der Waals surface area contributed by atoms with Gasteiger partial charge in [-0.25, -0.2) is 9.78 Å². The molecule has 7 atom stereocenters. The van der Waals surface area contributed by atoms with Crippen LogP contribution in [0.25, 0.3) is 0 Å². The number of fused-ring (bicyclic) bond motifs is 2. The third kappa shape index (κ3) is 2.59. The van der Waals surface area contributed by atoms with E-state index >= 15 is 0 Å². The van der Waals surface area contributed by atoms with Crippen LogP contribution in [0.2, 0.25) is 0 Å². The molecule has 0 radical (unpaired) electrons. The van der Waals surface area contributed by atoms with Crippen molar-refractivity contribution < 1.29 is 29.1 Å². The summed E-state index contributed by atoms with van der Waals surface area (Å²) in [5, 5.41) is 8.85. The molecule has 1 saturated carbocycles. The van der Waals surface area contributed by atoms with Crippen LogP contribution in [0.15, 0.2) is 4.99 Å². The highest BCUT2D eigenvalue weighted by molar-refractivity contribution is 5.80. The van der Waals surface area contributed by atoms with Crippen molar-refractivity contribution in [2.24, 2.45) is 28.7 Å². The molecule has 5 rings (SSSR count). The number of aliphatic imine (C=N–C) groups is 1. The minimum atomic E-state index is -0.857. The normalized spacial score (nSPS) is 50.0. The Balaban J connectivity index is 1.68. The van der Waals surface area contributed by atoms with E-state index < -0.39 is 23.6 Å². The van der Waals surface area contributed by atoms with Gasteiger partial charge in [-0.15, -0.1) is 0 Å². The van der Waals surface area contributed by atoms with Crippen molar-refractivity contribution in [2.75, 3.05) is 6.54 Å². The number of hydrogen-bond acceptors (Lipinski definition) is 6. The molecule has 7 unspecified atom stereocenters. The lowest BCUT2D eigenvalue weighted by molar-refractivity contribution is -0.557. The molecule has 4 aliphatic heterocycles. The van der Waals surface area contributed by atoms with E-state index in [1.54, 1.807) is 0 Å². The molecule has 5 aliphatic rings. The molecule has 140 valence electrons. The summed E-state index contributed by atoms with van der Waals surface area (Å²) < 4.78 is 12.4. The fraction of sp³-hybridized carbons (Fsp3) is 0.889. The summed E-state index contributed by atoms with van der Waals surface area (Å²) >= 11 is 0. The Bertz CT molecular complexity index is 594. The summed E-state index contributed by atoms with van der Waals surface area (Å²) in [5.74, 6) is 0.0223. The highest BCUT2D eigenvalue weighted by atomic mass is 17.3. The van der Waals surface area contributed by atoms with Crippen molar-refractivity contribution in [3.05, 3.63) is 0 Å². The summed E-state index contributed by atoms with van der Waals surface area (Å²) in [6.45, 7) is 6.47. The maximum Gasteiger partial charge on any atom is 0.305 e. The van der Waals surface area contributed by atoms with Crippen LogP contribution in [0.1, 0.15) is 52.9 Å². The predicted octanol–water partition coefficient (Wildman–Crippen LogP) is 2.74. The second-order valence-corrected chi connectivity index (χ2v) is 8.18. The highest BCUT2D eigenvalue weighted by Gasteiger charge is 2.69. The van der Waals surface area contributed by atoms with Gasteiger partial charge in [-0.2, -0.15) is 0 Å². The summed E-state index contributed by atoms with van der Waals surface area (Å²) in [4.78, 5) is 27.0. The molecule has 0 amide bonds. The predicted molar refractivity (Wildman–Crippen MR) is 87.6 cm³/mol. The minimum Gasteiger partial charge on any atom is -0.481 e. The Morgan fingerprint density at radius 3 is 2.80 bits per heavy atom. The number of nitrogens with zero attached hydrogens (tertiary/aromatic N) is 1. The van der Waals surface area contributed by atoms with E-state index in [0.717, 1.165) is 25.7 Å². The third-order valence-electron chi connectivity index (χ3n) is 6.59. The Hall–Kier alpha value is -1.18. The van der Waals surface area contributed by atoms with E-state index in [2.05, 4.69) is 18.8 Å². The first-order valence-electron chi connectivity index (χ1n) is 9.33. The van der Waals surface area contributed by atoms with E-state index in [0.29, 0.717) is 17.7 Å². The second-order valence-electron chi connectivity index (χ2n) is 8.18. The van der Waals surface area contributed by atoms with Gasteiger partial charge in [0.1, 0.15) is 0 Å². The summed E-state index contributed by atoms with van der Waals surface area (Å²) in [5.41, 5.74) is -0.598. The molecule has 25 heavy (non-hydrogen) atoms. The maximum atomic E-state index is 10.8. The number of carboxylic acids is 1. The van der Waals surface area contributed by atoms with Crippen LogP contribution in [0.5, 0.6) is 0 Å². The zero-order valence-electron chi connectivity index (χ0n) is 15.1. The topological polar surface area (TPSA) is 86.6 Å². The molecule has 7 heteroatoms. The Morgan fingerprint density at radius 2 is 2.04 bits per heavy atom. The second kappa shape index (κ2) is 5.93. The summed E-state index contributed by atoms with van der Waals surface area (Å²) in [6.07, 6.45) is 3.35. The van der Waals surface area contributed by atoms with Crippen molar-refractivity contribution in [3.8, 4) is 0 Å². The van der Waals surface area contributed by atoms with Crippen LogP contribution in [-0.2, 0) is 24.0 Å². The molecule has 1 aliphatic carbocycles. The van der Waals surface area contributed by atoms with Crippen molar-refractivity contribution >= 4 is 11.9 Å². The zero-order valence-corrected chi connectivity index (χ0v) is 15.1. The molecule has 0 aromatic carbocycles. The molecular weight excluding hydrogens is 326 g/mol. The lowest BCUT2D eigenvalue weighted by atomic mass is 9.58. The van der Waals surface area contributed by atoms with E-state index in [4.69, 9.17) is 24.4 Å². The van der Waals surface area contributed by atoms with Gasteiger partial charge >= 0.3 is 5.97 Å². The van der Waals surface area contributed by atoms with E-state index in [1.807, 2.05) is 6.92 Å². The van der Waals surface area contributed by atoms with Crippen LogP contribution in [0.4, 0.5) is 0 Å². The number of ether oxygens (including phenoxy) is 2. The average Bonchev–Trinajstić information content (AvgIpc) is 2.78. The van der Waals surface area contributed by atoms with Gasteiger partial charge < -0.3 is 14.6 Å². The van der Waals surface area contributed by atoms with E-state index in [1.165, 1.54) is 0 Å². The van der Waals surface area contributed by atoms with E-state index in [9.17, 15) is 4.79 Å². The van der Waals surface area contributed by atoms with Crippen molar-refractivity contribution in [1.82, 2.24) is 0 Å². The van der Waals surface area contributed by atoms with Gasteiger partial charge in [0.2, 0.25) is 12.1 Å². The molecule has 1 spiro atoms. The lowest BCUT2D eigenvalue weighted by Gasteiger charge is -2.58. The smallest absolute Gasteiger partial charge is 0.305 e. The first-order chi connectivity index (χ1) is 11.9. The Morgan fingerprint density at radius 1 is 1.24 bits per heavy atom. The van der Waals surface area contributed by atoms with Crippen molar-refractivity contribution in [1.29, 1.82) is 0 Å². The number of aliphatic carboxylic acids is 1. The minimum absolute atomic E-state index is 0.00208.